The standard InChI is InChI=1S/C23H32B2N5O4/c24-23-22(25-23)10-9-15(7-8-19(26)29-30-27)13-17(22)14-18(28-23)21(32)34-12-4-11-33-20(31)16-5-2-1-3-6-16/h1-3,5-6,15,17-18,28,30H,4,7-14,27H2,(H2,26,29). The van der Waals surface area contributed by atoms with E-state index in [1.807, 2.05) is 6.07 Å². The molecule has 1 saturated carbocycles. The molecule has 6 N–H and O–H groups in total. The molecule has 5 unspecified atom stereocenters. The SMILES string of the molecule is [B]C12[B]C13CCC(CC/C(N)=N/NN)CC3CC(C(=O)OCCCOC(=O)c1ccccc1)N2. The maximum Gasteiger partial charge on any atom is 0.338 e. The van der Waals surface area contributed by atoms with Gasteiger partial charge in [-0.25, -0.2) is 16.2 Å². The fourth-order valence-electron chi connectivity index (χ4n) is 5.66. The fraction of sp³-hybridized carbons (Fsp3) is 0.609. The molecule has 4 rings (SSSR count). The molecule has 1 aromatic carbocycles. The number of carbonyl (C=O) groups excluding carboxylic acids is 2. The number of carbonyl (C=O) groups is 2. The van der Waals surface area contributed by atoms with Crippen LogP contribution in [0.3, 0.4) is 0 Å². The zero-order valence-electron chi connectivity index (χ0n) is 19.4. The van der Waals surface area contributed by atoms with E-state index in [0.717, 1.165) is 25.7 Å². The van der Waals surface area contributed by atoms with Gasteiger partial charge in [0, 0.05) is 12.8 Å². The second-order valence-corrected chi connectivity index (χ2v) is 9.62. The van der Waals surface area contributed by atoms with Gasteiger partial charge in [0.1, 0.15) is 19.2 Å². The van der Waals surface area contributed by atoms with E-state index in [1.165, 1.54) is 0 Å². The van der Waals surface area contributed by atoms with E-state index in [4.69, 9.17) is 28.9 Å². The van der Waals surface area contributed by atoms with E-state index in [2.05, 4.69) is 23.2 Å². The highest BCUT2D eigenvalue weighted by molar-refractivity contribution is 6.72. The molecule has 5 atom stereocenters. The number of ether oxygens (including phenoxy) is 2. The smallest absolute Gasteiger partial charge is 0.338 e. The summed E-state index contributed by atoms with van der Waals surface area (Å²) in [5.74, 6) is 5.83. The number of benzene rings is 1. The lowest BCUT2D eigenvalue weighted by atomic mass is 9.60. The van der Waals surface area contributed by atoms with E-state index in [-0.39, 0.29) is 30.5 Å². The topological polar surface area (TPSA) is 141 Å². The van der Waals surface area contributed by atoms with Gasteiger partial charge in [0.05, 0.1) is 26.6 Å². The predicted octanol–water partition coefficient (Wildman–Crippen LogP) is 0.769. The molecule has 1 spiro atoms. The van der Waals surface area contributed by atoms with Crippen LogP contribution in [0.1, 0.15) is 55.3 Å². The third-order valence-corrected chi connectivity index (χ3v) is 7.50. The Balaban J connectivity index is 1.21. The maximum absolute atomic E-state index is 12.8. The Kier molecular flexibility index (Phi) is 7.52. The Morgan fingerprint density at radius 1 is 1.24 bits per heavy atom. The van der Waals surface area contributed by atoms with Crippen LogP contribution in [0.4, 0.5) is 0 Å². The van der Waals surface area contributed by atoms with E-state index in [0.29, 0.717) is 42.5 Å². The van der Waals surface area contributed by atoms with Crippen molar-refractivity contribution in [1.29, 1.82) is 0 Å². The molecule has 9 nitrogen and oxygen atoms in total. The third kappa shape index (κ3) is 5.25. The van der Waals surface area contributed by atoms with Gasteiger partial charge < -0.3 is 20.5 Å². The normalized spacial score (nSPS) is 31.9. The molecule has 34 heavy (non-hydrogen) atoms. The highest BCUT2D eigenvalue weighted by Crippen LogP contribution is 2.69. The Morgan fingerprint density at radius 2 is 2.00 bits per heavy atom. The Hall–Kier alpha value is -2.52. The largest absolute Gasteiger partial charge is 0.464 e. The van der Waals surface area contributed by atoms with Crippen LogP contribution in [-0.4, -0.2) is 57.5 Å². The van der Waals surface area contributed by atoms with Crippen molar-refractivity contribution in [3.05, 3.63) is 35.9 Å². The van der Waals surface area contributed by atoms with Crippen LogP contribution in [0, 0.1) is 11.8 Å². The van der Waals surface area contributed by atoms with Gasteiger partial charge in [-0.2, -0.15) is 5.10 Å². The van der Waals surface area contributed by atoms with Crippen molar-refractivity contribution in [2.24, 2.45) is 28.5 Å². The highest BCUT2D eigenvalue weighted by atomic mass is 16.5. The lowest BCUT2D eigenvalue weighted by Gasteiger charge is -2.47. The van der Waals surface area contributed by atoms with Crippen LogP contribution in [0.2, 0.25) is 5.31 Å². The van der Waals surface area contributed by atoms with Gasteiger partial charge in [-0.1, -0.05) is 36.4 Å². The summed E-state index contributed by atoms with van der Waals surface area (Å²) >= 11 is 0. The lowest BCUT2D eigenvalue weighted by molar-refractivity contribution is -0.148. The van der Waals surface area contributed by atoms with Crippen molar-refractivity contribution >= 4 is 32.9 Å². The van der Waals surface area contributed by atoms with Gasteiger partial charge in [-0.05, 0) is 48.6 Å². The lowest BCUT2D eigenvalue weighted by Crippen LogP contribution is -2.55. The number of hydrazine groups is 1. The molecule has 179 valence electrons. The van der Waals surface area contributed by atoms with Gasteiger partial charge >= 0.3 is 11.9 Å². The van der Waals surface area contributed by atoms with Crippen molar-refractivity contribution in [2.75, 3.05) is 13.2 Å². The maximum atomic E-state index is 12.8. The number of nitrogens with one attached hydrogen (secondary N) is 2. The number of nitrogens with zero attached hydrogens (tertiary/aromatic N) is 1. The van der Waals surface area contributed by atoms with Gasteiger partial charge in [-0.3, -0.25) is 4.79 Å². The Labute approximate surface area is 202 Å². The summed E-state index contributed by atoms with van der Waals surface area (Å²) in [5, 5.41) is 6.49. The van der Waals surface area contributed by atoms with Crippen LogP contribution < -0.4 is 22.4 Å². The number of esters is 2. The molecule has 2 heterocycles. The zero-order chi connectivity index (χ0) is 24.2. The highest BCUT2D eigenvalue weighted by Gasteiger charge is 2.71. The van der Waals surface area contributed by atoms with Crippen LogP contribution >= 0.6 is 0 Å². The molecule has 2 saturated heterocycles. The molecule has 0 aromatic heterocycles. The van der Waals surface area contributed by atoms with Crippen LogP contribution in [0.5, 0.6) is 0 Å². The van der Waals surface area contributed by atoms with E-state index in [1.54, 1.807) is 24.3 Å². The second-order valence-electron chi connectivity index (χ2n) is 9.62. The molecule has 2 aliphatic heterocycles. The fourth-order valence-corrected chi connectivity index (χ4v) is 5.66. The van der Waals surface area contributed by atoms with Gasteiger partial charge in [0.2, 0.25) is 0 Å². The Bertz CT molecular complexity index is 920. The number of rotatable bonds is 10. The second kappa shape index (κ2) is 10.4. The van der Waals surface area contributed by atoms with Crippen molar-refractivity contribution in [3.63, 3.8) is 0 Å². The van der Waals surface area contributed by atoms with E-state index >= 15 is 0 Å². The van der Waals surface area contributed by atoms with Gasteiger partial charge in [0.15, 0.2) is 0 Å². The minimum atomic E-state index is -0.611. The number of piperidine rings is 1. The molecule has 0 amide bonds. The van der Waals surface area contributed by atoms with E-state index < -0.39 is 11.4 Å². The molecule has 3 fully saturated rings. The van der Waals surface area contributed by atoms with E-state index in [9.17, 15) is 9.59 Å². The van der Waals surface area contributed by atoms with Crippen LogP contribution in [0.15, 0.2) is 35.4 Å². The van der Waals surface area contributed by atoms with Gasteiger partial charge in [-0.15, -0.1) is 0 Å². The van der Waals surface area contributed by atoms with Crippen molar-refractivity contribution in [1.82, 2.24) is 10.9 Å². The molecule has 1 aromatic rings. The first-order valence-electron chi connectivity index (χ1n) is 12.0. The first kappa shape index (κ1) is 24.6. The summed E-state index contributed by atoms with van der Waals surface area (Å²) in [6, 6.07) is 8.35. The molecule has 3 aliphatic rings. The minimum Gasteiger partial charge on any atom is -0.464 e. The Morgan fingerprint density at radius 3 is 2.76 bits per heavy atom. The molecule has 1 aliphatic carbocycles. The predicted molar refractivity (Wildman–Crippen MR) is 130 cm³/mol. The molecule has 3 radical (unpaired) electrons. The zero-order valence-corrected chi connectivity index (χ0v) is 19.4. The summed E-state index contributed by atoms with van der Waals surface area (Å²) < 4.78 is 10.7. The number of hydrogen-bond donors (Lipinski definition) is 4. The molecule has 0 bridgehead atoms. The summed E-state index contributed by atoms with van der Waals surface area (Å²) in [6.07, 6.45) is 5.84. The quantitative estimate of drug-likeness (QED) is 0.0757. The summed E-state index contributed by atoms with van der Waals surface area (Å²) in [5.41, 5.74) is 8.58. The third-order valence-electron chi connectivity index (χ3n) is 7.50. The average Bonchev–Trinajstić information content (AvgIpc) is 3.46. The molecular weight excluding hydrogens is 432 g/mol. The summed E-state index contributed by atoms with van der Waals surface area (Å²) in [7, 11) is 8.78. The average molecular weight is 464 g/mol. The van der Waals surface area contributed by atoms with Crippen molar-refractivity contribution < 1.29 is 19.1 Å². The first-order chi connectivity index (χ1) is 16.4. The van der Waals surface area contributed by atoms with Crippen molar-refractivity contribution in [2.45, 2.75) is 61.6 Å². The minimum absolute atomic E-state index is 0.0373. The summed E-state index contributed by atoms with van der Waals surface area (Å²) in [6.45, 7) is 0.375. The number of hydrogen-bond acceptors (Lipinski definition) is 8. The molecular formula is C23H32B2N5O4. The monoisotopic (exact) mass is 464 g/mol. The number of nitrogens with two attached hydrogens (primary N) is 2. The van der Waals surface area contributed by atoms with Crippen molar-refractivity contribution in [3.8, 4) is 0 Å². The van der Waals surface area contributed by atoms with Gasteiger partial charge in [0.25, 0.3) is 0 Å². The first-order valence-corrected chi connectivity index (χ1v) is 12.0. The summed E-state index contributed by atoms with van der Waals surface area (Å²) in [4.78, 5) is 24.7. The van der Waals surface area contributed by atoms with Crippen LogP contribution in [0.25, 0.3) is 0 Å². The number of hydrazone groups is 1. The number of amidine groups is 1. The van der Waals surface area contributed by atoms with Crippen LogP contribution in [-0.2, 0) is 14.3 Å². The molecule has 11 heteroatoms.